The van der Waals surface area contributed by atoms with E-state index in [1.54, 1.807) is 31.3 Å². The number of carbonyl (C=O) groups is 1. The molecule has 0 saturated carbocycles. The van der Waals surface area contributed by atoms with Crippen LogP contribution >= 0.6 is 0 Å². The molecule has 1 unspecified atom stereocenters. The second kappa shape index (κ2) is 5.82. The quantitative estimate of drug-likeness (QED) is 0.818. The first-order chi connectivity index (χ1) is 8.74. The summed E-state index contributed by atoms with van der Waals surface area (Å²) in [5.41, 5.74) is 0.666. The number of methoxy groups -OCH3 is 1. The molecule has 5 heteroatoms. The number of anilines is 1. The average Bonchev–Trinajstić information content (AvgIpc) is 2.46. The van der Waals surface area contributed by atoms with Crippen molar-refractivity contribution in [2.75, 3.05) is 25.7 Å². The molecule has 2 rings (SSSR count). The van der Waals surface area contributed by atoms with Gasteiger partial charge in [0.05, 0.1) is 7.11 Å². The van der Waals surface area contributed by atoms with Gasteiger partial charge < -0.3 is 14.4 Å². The normalized spacial score (nSPS) is 19.3. The van der Waals surface area contributed by atoms with E-state index in [9.17, 15) is 4.79 Å². The number of hydrogen-bond donors (Lipinski definition) is 0. The standard InChI is InChI=1S/C13H18N2O3/c1-15(10-6-5-8-14-12(10)17-2)13(16)11-7-3-4-9-18-11/h5-6,8,11H,3-4,7,9H2,1-2H3. The first kappa shape index (κ1) is 12.8. The maximum Gasteiger partial charge on any atom is 0.255 e. The van der Waals surface area contributed by atoms with E-state index in [0.29, 0.717) is 18.2 Å². The van der Waals surface area contributed by atoms with Gasteiger partial charge in [-0.2, -0.15) is 0 Å². The smallest absolute Gasteiger partial charge is 0.255 e. The fraction of sp³-hybridized carbons (Fsp3) is 0.538. The lowest BCUT2D eigenvalue weighted by Gasteiger charge is -2.27. The monoisotopic (exact) mass is 250 g/mol. The van der Waals surface area contributed by atoms with Crippen LogP contribution in [0.5, 0.6) is 5.88 Å². The Bertz CT molecular complexity index is 416. The average molecular weight is 250 g/mol. The predicted molar refractivity (Wildman–Crippen MR) is 67.8 cm³/mol. The lowest BCUT2D eigenvalue weighted by atomic mass is 10.1. The van der Waals surface area contributed by atoms with Crippen LogP contribution in [0.1, 0.15) is 19.3 Å². The largest absolute Gasteiger partial charge is 0.480 e. The van der Waals surface area contributed by atoms with Gasteiger partial charge in [-0.05, 0) is 31.4 Å². The van der Waals surface area contributed by atoms with Gasteiger partial charge in [-0.3, -0.25) is 4.79 Å². The number of nitrogens with zero attached hydrogens (tertiary/aromatic N) is 2. The molecule has 0 aliphatic carbocycles. The number of rotatable bonds is 3. The molecular formula is C13H18N2O3. The molecule has 1 aliphatic rings. The van der Waals surface area contributed by atoms with E-state index in [-0.39, 0.29) is 12.0 Å². The third-order valence-electron chi connectivity index (χ3n) is 3.09. The molecule has 5 nitrogen and oxygen atoms in total. The van der Waals surface area contributed by atoms with Crippen LogP contribution in [0, 0.1) is 0 Å². The number of carbonyl (C=O) groups excluding carboxylic acids is 1. The minimum atomic E-state index is -0.339. The summed E-state index contributed by atoms with van der Waals surface area (Å²) in [5, 5.41) is 0. The fourth-order valence-corrected chi connectivity index (χ4v) is 2.07. The van der Waals surface area contributed by atoms with Crippen molar-refractivity contribution < 1.29 is 14.3 Å². The molecule has 0 spiro atoms. The van der Waals surface area contributed by atoms with E-state index >= 15 is 0 Å². The highest BCUT2D eigenvalue weighted by molar-refractivity contribution is 5.97. The van der Waals surface area contributed by atoms with Crippen LogP contribution in [-0.2, 0) is 9.53 Å². The van der Waals surface area contributed by atoms with Crippen LogP contribution in [0.15, 0.2) is 18.3 Å². The van der Waals surface area contributed by atoms with Crippen LogP contribution in [0.4, 0.5) is 5.69 Å². The summed E-state index contributed by atoms with van der Waals surface area (Å²) in [5.74, 6) is 0.408. The van der Waals surface area contributed by atoms with E-state index in [1.165, 1.54) is 0 Å². The Morgan fingerprint density at radius 1 is 1.56 bits per heavy atom. The van der Waals surface area contributed by atoms with Gasteiger partial charge in [-0.15, -0.1) is 0 Å². The predicted octanol–water partition coefficient (Wildman–Crippen LogP) is 1.62. The SMILES string of the molecule is COc1ncccc1N(C)C(=O)C1CCCCO1. The Kier molecular flexibility index (Phi) is 4.15. The molecule has 1 fully saturated rings. The summed E-state index contributed by atoms with van der Waals surface area (Å²) in [6.07, 6.45) is 4.15. The van der Waals surface area contributed by atoms with Gasteiger partial charge in [-0.1, -0.05) is 0 Å². The Balaban J connectivity index is 2.14. The van der Waals surface area contributed by atoms with Crippen LogP contribution in [0.2, 0.25) is 0 Å². The summed E-state index contributed by atoms with van der Waals surface area (Å²) in [4.78, 5) is 17.9. The van der Waals surface area contributed by atoms with Gasteiger partial charge >= 0.3 is 0 Å². The highest BCUT2D eigenvalue weighted by Crippen LogP contribution is 2.26. The van der Waals surface area contributed by atoms with E-state index in [2.05, 4.69) is 4.98 Å². The van der Waals surface area contributed by atoms with Gasteiger partial charge in [0.1, 0.15) is 11.8 Å². The zero-order valence-electron chi connectivity index (χ0n) is 10.8. The maximum atomic E-state index is 12.3. The highest BCUT2D eigenvalue weighted by Gasteiger charge is 2.27. The number of ether oxygens (including phenoxy) is 2. The van der Waals surface area contributed by atoms with Crippen molar-refractivity contribution in [3.05, 3.63) is 18.3 Å². The van der Waals surface area contributed by atoms with Crippen molar-refractivity contribution in [3.63, 3.8) is 0 Å². The Morgan fingerprint density at radius 3 is 3.06 bits per heavy atom. The molecule has 1 amide bonds. The van der Waals surface area contributed by atoms with E-state index in [4.69, 9.17) is 9.47 Å². The third-order valence-corrected chi connectivity index (χ3v) is 3.09. The Hall–Kier alpha value is -1.62. The van der Waals surface area contributed by atoms with Crippen LogP contribution in [0.25, 0.3) is 0 Å². The van der Waals surface area contributed by atoms with Gasteiger partial charge in [-0.25, -0.2) is 4.98 Å². The lowest BCUT2D eigenvalue weighted by Crippen LogP contribution is -2.40. The zero-order valence-corrected chi connectivity index (χ0v) is 10.8. The first-order valence-corrected chi connectivity index (χ1v) is 6.12. The van der Waals surface area contributed by atoms with Crippen LogP contribution in [-0.4, -0.2) is 37.8 Å². The van der Waals surface area contributed by atoms with Crippen molar-refractivity contribution >= 4 is 11.6 Å². The molecule has 1 saturated heterocycles. The zero-order chi connectivity index (χ0) is 13.0. The van der Waals surface area contributed by atoms with E-state index in [0.717, 1.165) is 19.3 Å². The number of likely N-dealkylation sites (N-methyl/N-ethyl adjacent to an activating group) is 1. The molecule has 2 heterocycles. The minimum absolute atomic E-state index is 0.0407. The van der Waals surface area contributed by atoms with Gasteiger partial charge in [0, 0.05) is 19.9 Å². The molecule has 1 aromatic rings. The minimum Gasteiger partial charge on any atom is -0.480 e. The number of pyridine rings is 1. The van der Waals surface area contributed by atoms with Gasteiger partial charge in [0.15, 0.2) is 0 Å². The van der Waals surface area contributed by atoms with Gasteiger partial charge in [0.2, 0.25) is 5.88 Å². The van der Waals surface area contributed by atoms with E-state index in [1.807, 2.05) is 6.07 Å². The van der Waals surface area contributed by atoms with Crippen LogP contribution < -0.4 is 9.64 Å². The number of aromatic nitrogens is 1. The molecule has 1 aromatic heterocycles. The van der Waals surface area contributed by atoms with Crippen molar-refractivity contribution in [3.8, 4) is 5.88 Å². The molecule has 0 radical (unpaired) electrons. The molecule has 18 heavy (non-hydrogen) atoms. The van der Waals surface area contributed by atoms with Gasteiger partial charge in [0.25, 0.3) is 5.91 Å². The number of hydrogen-bond acceptors (Lipinski definition) is 4. The third kappa shape index (κ3) is 2.61. The second-order valence-corrected chi connectivity index (χ2v) is 4.28. The van der Waals surface area contributed by atoms with Crippen molar-refractivity contribution in [1.82, 2.24) is 4.98 Å². The summed E-state index contributed by atoms with van der Waals surface area (Å²) in [7, 11) is 3.26. The topological polar surface area (TPSA) is 51.7 Å². The molecule has 0 N–H and O–H groups in total. The summed E-state index contributed by atoms with van der Waals surface area (Å²) in [6.45, 7) is 0.661. The summed E-state index contributed by atoms with van der Waals surface area (Å²) in [6, 6.07) is 3.59. The van der Waals surface area contributed by atoms with Crippen LogP contribution in [0.3, 0.4) is 0 Å². The molecule has 0 bridgehead atoms. The number of amides is 1. The van der Waals surface area contributed by atoms with Crippen molar-refractivity contribution in [2.24, 2.45) is 0 Å². The molecule has 1 aliphatic heterocycles. The molecule has 0 aromatic carbocycles. The molecule has 98 valence electrons. The first-order valence-electron chi connectivity index (χ1n) is 6.12. The Labute approximate surface area is 107 Å². The fourth-order valence-electron chi connectivity index (χ4n) is 2.07. The lowest BCUT2D eigenvalue weighted by molar-refractivity contribution is -0.132. The van der Waals surface area contributed by atoms with Crippen molar-refractivity contribution in [2.45, 2.75) is 25.4 Å². The van der Waals surface area contributed by atoms with E-state index < -0.39 is 0 Å². The summed E-state index contributed by atoms with van der Waals surface area (Å²) >= 11 is 0. The second-order valence-electron chi connectivity index (χ2n) is 4.28. The van der Waals surface area contributed by atoms with Crippen molar-refractivity contribution in [1.29, 1.82) is 0 Å². The summed E-state index contributed by atoms with van der Waals surface area (Å²) < 4.78 is 10.7. The maximum absolute atomic E-state index is 12.3. The molecule has 1 atom stereocenters. The molecular weight excluding hydrogens is 232 g/mol. The highest BCUT2D eigenvalue weighted by atomic mass is 16.5. The Morgan fingerprint density at radius 2 is 2.39 bits per heavy atom.